The second-order valence-corrected chi connectivity index (χ2v) is 3.69. The molecule has 0 saturated heterocycles. The summed E-state index contributed by atoms with van der Waals surface area (Å²) in [5.41, 5.74) is 19.6. The summed E-state index contributed by atoms with van der Waals surface area (Å²) in [5, 5.41) is 30.3. The van der Waals surface area contributed by atoms with Crippen LogP contribution >= 0.6 is 0 Å². The minimum atomic E-state index is -0.833. The van der Waals surface area contributed by atoms with Gasteiger partial charge >= 0.3 is 11.9 Å². The topological polar surface area (TPSA) is 253 Å². The molecule has 0 aliphatic heterocycles. The molecule has 0 radical (unpaired) electrons. The van der Waals surface area contributed by atoms with Gasteiger partial charge in [0.15, 0.2) is 0 Å². The van der Waals surface area contributed by atoms with E-state index in [2.05, 4.69) is 0 Å². The molecule has 0 spiro atoms. The molecule has 0 fully saturated rings. The second kappa shape index (κ2) is 43.4. The van der Waals surface area contributed by atoms with Crippen molar-refractivity contribution in [3.63, 3.8) is 0 Å². The van der Waals surface area contributed by atoms with Crippen LogP contribution in [0.25, 0.3) is 0 Å². The van der Waals surface area contributed by atoms with E-state index in [1.54, 1.807) is 13.8 Å². The maximum Gasteiger partial charge on any atom is 0.303 e. The van der Waals surface area contributed by atoms with E-state index in [1.165, 1.54) is 0 Å². The van der Waals surface area contributed by atoms with Gasteiger partial charge in [-0.15, -0.1) is 0 Å². The summed E-state index contributed by atoms with van der Waals surface area (Å²) in [6, 6.07) is 0. The zero-order chi connectivity index (χ0) is 22.6. The minimum absolute atomic E-state index is 0.222. The first-order valence-electron chi connectivity index (χ1n) is 7.47. The Morgan fingerprint density at radius 3 is 0.654 bits per heavy atom. The van der Waals surface area contributed by atoms with E-state index in [0.717, 1.165) is 13.8 Å². The number of rotatable bonds is 4. The summed E-state index contributed by atoms with van der Waals surface area (Å²) < 4.78 is 0. The first-order valence-corrected chi connectivity index (χ1v) is 7.47. The average molecular weight is 388 g/mol. The van der Waals surface area contributed by atoms with E-state index in [-0.39, 0.29) is 12.8 Å². The Balaban J connectivity index is -0.0000000463. The Labute approximate surface area is 154 Å². The molecule has 26 heavy (non-hydrogen) atoms. The van der Waals surface area contributed by atoms with Crippen molar-refractivity contribution in [2.24, 2.45) is 22.9 Å². The number of carboxylic acid groups (broad SMARTS) is 4. The van der Waals surface area contributed by atoms with Crippen LogP contribution in [0.4, 0.5) is 0 Å². The van der Waals surface area contributed by atoms with E-state index in [1.807, 2.05) is 0 Å². The molecule has 12 nitrogen and oxygen atoms in total. The molecule has 160 valence electrons. The van der Waals surface area contributed by atoms with Gasteiger partial charge in [0.2, 0.25) is 0 Å². The molecule has 0 amide bonds. The van der Waals surface area contributed by atoms with Gasteiger partial charge in [-0.1, -0.05) is 13.8 Å². The minimum Gasteiger partial charge on any atom is -0.481 e. The fourth-order valence-corrected chi connectivity index (χ4v) is 0. The summed E-state index contributed by atoms with van der Waals surface area (Å²) in [6.07, 6.45) is 0.444. The second-order valence-electron chi connectivity index (χ2n) is 3.69. The number of aliphatic carboxylic acids is 4. The number of hydrogen-bond acceptors (Lipinski definition) is 8. The zero-order valence-corrected chi connectivity index (χ0v) is 16.0. The number of carboxylic acids is 4. The van der Waals surface area contributed by atoms with Crippen molar-refractivity contribution in [1.29, 1.82) is 0 Å². The lowest BCUT2D eigenvalue weighted by atomic mass is 10.5. The largest absolute Gasteiger partial charge is 0.481 e. The van der Waals surface area contributed by atoms with Gasteiger partial charge in [-0.25, -0.2) is 0 Å². The van der Waals surface area contributed by atoms with Crippen LogP contribution in [0.1, 0.15) is 40.5 Å². The van der Waals surface area contributed by atoms with Gasteiger partial charge in [-0.05, 0) is 0 Å². The monoisotopic (exact) mass is 388 g/mol. The lowest BCUT2D eigenvalue weighted by Crippen LogP contribution is -2.11. The highest BCUT2D eigenvalue weighted by molar-refractivity contribution is 5.66. The Hall–Kier alpha value is -2.28. The van der Waals surface area contributed by atoms with Crippen molar-refractivity contribution < 1.29 is 39.6 Å². The van der Waals surface area contributed by atoms with Crippen LogP contribution in [-0.4, -0.2) is 70.5 Å². The maximum atomic E-state index is 9.37. The Morgan fingerprint density at radius 1 is 0.577 bits per heavy atom. The summed E-state index contributed by atoms with van der Waals surface area (Å²) in [5.74, 6) is -3.16. The number of hydrogen-bond donors (Lipinski definition) is 8. The average Bonchev–Trinajstić information content (AvgIpc) is 2.54. The standard InChI is InChI=1S/2C3H6O2.2C2H8N2.2C2H4O2/c2*1-2-3(4)5;2*3-1-2-4;2*1-2(3)4/h2*2H2,1H3,(H,4,5);2*1-4H2;2*1H3,(H,3,4). The van der Waals surface area contributed by atoms with Gasteiger partial charge in [0.25, 0.3) is 11.9 Å². The van der Waals surface area contributed by atoms with Crippen LogP contribution in [0.3, 0.4) is 0 Å². The molecule has 0 rings (SSSR count). The van der Waals surface area contributed by atoms with Gasteiger partial charge in [0, 0.05) is 52.9 Å². The summed E-state index contributed by atoms with van der Waals surface area (Å²) in [4.78, 5) is 36.7. The highest BCUT2D eigenvalue weighted by Crippen LogP contribution is 1.67. The predicted molar refractivity (Wildman–Crippen MR) is 98.7 cm³/mol. The third kappa shape index (κ3) is 674. The first-order chi connectivity index (χ1) is 11.8. The van der Waals surface area contributed by atoms with Crippen LogP contribution in [0.5, 0.6) is 0 Å². The van der Waals surface area contributed by atoms with Gasteiger partial charge in [-0.2, -0.15) is 0 Å². The summed E-state index contributed by atoms with van der Waals surface area (Å²) >= 11 is 0. The number of nitrogens with two attached hydrogens (primary N) is 4. The SMILES string of the molecule is CC(=O)O.CC(=O)O.CCC(=O)O.CCC(=O)O.NCCN.NCCN. The molecule has 0 atom stereocenters. The van der Waals surface area contributed by atoms with E-state index in [4.69, 9.17) is 52.9 Å². The van der Waals surface area contributed by atoms with E-state index >= 15 is 0 Å². The lowest BCUT2D eigenvalue weighted by molar-refractivity contribution is -0.137. The molecule has 12 N–H and O–H groups in total. The molecule has 0 saturated carbocycles. The normalized spacial score (nSPS) is 7.08. The van der Waals surface area contributed by atoms with Crippen molar-refractivity contribution in [1.82, 2.24) is 0 Å². The van der Waals surface area contributed by atoms with Gasteiger partial charge < -0.3 is 43.4 Å². The summed E-state index contributed by atoms with van der Waals surface area (Å²) in [7, 11) is 0. The Kier molecular flexibility index (Phi) is 65.1. The molecule has 0 unspecified atom stereocenters. The molecule has 0 aromatic rings. The molecular weight excluding hydrogens is 352 g/mol. The van der Waals surface area contributed by atoms with Gasteiger partial charge in [-0.3, -0.25) is 19.2 Å². The van der Waals surface area contributed by atoms with Crippen molar-refractivity contribution in [2.75, 3.05) is 26.2 Å². The molecule has 0 bridgehead atoms. The van der Waals surface area contributed by atoms with E-state index in [9.17, 15) is 9.59 Å². The van der Waals surface area contributed by atoms with E-state index in [0.29, 0.717) is 26.2 Å². The Morgan fingerprint density at radius 2 is 0.654 bits per heavy atom. The van der Waals surface area contributed by atoms with Crippen molar-refractivity contribution in [3.8, 4) is 0 Å². The smallest absolute Gasteiger partial charge is 0.303 e. The lowest BCUT2D eigenvalue weighted by Gasteiger charge is -1.72. The van der Waals surface area contributed by atoms with Crippen LogP contribution < -0.4 is 22.9 Å². The first kappa shape index (κ1) is 39.0. The fraction of sp³-hybridized carbons (Fsp3) is 0.714. The third-order valence-electron chi connectivity index (χ3n) is 0.938. The van der Waals surface area contributed by atoms with Crippen molar-refractivity contribution in [3.05, 3.63) is 0 Å². The van der Waals surface area contributed by atoms with Crippen LogP contribution in [0, 0.1) is 0 Å². The third-order valence-corrected chi connectivity index (χ3v) is 0.938. The fourth-order valence-electron chi connectivity index (χ4n) is 0. The predicted octanol–water partition coefficient (Wildman–Crippen LogP) is -1.05. The van der Waals surface area contributed by atoms with Gasteiger partial charge in [0.05, 0.1) is 0 Å². The quantitative estimate of drug-likeness (QED) is 0.287. The molecule has 0 aliphatic carbocycles. The summed E-state index contributed by atoms with van der Waals surface area (Å²) in [6.45, 7) is 7.75. The molecular formula is C14H36N4O8. The van der Waals surface area contributed by atoms with Crippen LogP contribution in [-0.2, 0) is 19.2 Å². The maximum absolute atomic E-state index is 9.37. The van der Waals surface area contributed by atoms with Crippen molar-refractivity contribution in [2.45, 2.75) is 40.5 Å². The molecule has 0 heterocycles. The molecule has 0 aliphatic rings. The Bertz CT molecular complexity index is 273. The van der Waals surface area contributed by atoms with Crippen molar-refractivity contribution >= 4 is 23.9 Å². The molecule has 12 heteroatoms. The highest BCUT2D eigenvalue weighted by Gasteiger charge is 1.81. The van der Waals surface area contributed by atoms with Crippen LogP contribution in [0.2, 0.25) is 0 Å². The van der Waals surface area contributed by atoms with E-state index < -0.39 is 23.9 Å². The van der Waals surface area contributed by atoms with Gasteiger partial charge in [0.1, 0.15) is 0 Å². The highest BCUT2D eigenvalue weighted by atomic mass is 16.4. The molecule has 0 aromatic carbocycles. The van der Waals surface area contributed by atoms with Crippen LogP contribution in [0.15, 0.2) is 0 Å². The zero-order valence-electron chi connectivity index (χ0n) is 16.0. The molecule has 0 aromatic heterocycles. The number of carbonyl (C=O) groups is 4.